The van der Waals surface area contributed by atoms with Crippen LogP contribution in [0.1, 0.15) is 42.0 Å². The fourth-order valence-corrected chi connectivity index (χ4v) is 2.85. The highest BCUT2D eigenvalue weighted by Crippen LogP contribution is 2.34. The van der Waals surface area contributed by atoms with Crippen LogP contribution in [0.3, 0.4) is 0 Å². The summed E-state index contributed by atoms with van der Waals surface area (Å²) in [5.41, 5.74) is -0.0100. The van der Waals surface area contributed by atoms with E-state index in [2.05, 4.69) is 15.4 Å². The minimum atomic E-state index is -4.71. The van der Waals surface area contributed by atoms with Gasteiger partial charge in [-0.1, -0.05) is 48.4 Å². The fourth-order valence-electron chi connectivity index (χ4n) is 2.60. The topological polar surface area (TPSA) is 59.3 Å². The van der Waals surface area contributed by atoms with E-state index in [0.717, 1.165) is 11.6 Å². The van der Waals surface area contributed by atoms with Crippen molar-refractivity contribution >= 4 is 23.2 Å². The van der Waals surface area contributed by atoms with Crippen LogP contribution >= 0.6 is 11.6 Å². The zero-order valence-corrected chi connectivity index (χ0v) is 16.2. The maximum atomic E-state index is 13.7. The van der Waals surface area contributed by atoms with E-state index in [1.807, 2.05) is 13.8 Å². The molecule has 2 aromatic heterocycles. The van der Waals surface area contributed by atoms with Crippen molar-refractivity contribution in [2.75, 3.05) is 0 Å². The number of hydrogen-bond donors (Lipinski definition) is 1. The maximum Gasteiger partial charge on any atom is 0.433 e. The standard InChI is InChI=1S/C19H18ClF3N4O/c1-4-11(3)24-18(28)16-15(20)17-25-13(12-7-5-10(2)6-8-12)9-14(19(21,22)23)27(17)26-16/h5-9,11H,4H2,1-3H3,(H,24,28)/t11-/m0/s1. The van der Waals surface area contributed by atoms with Crippen LogP contribution in [0.15, 0.2) is 30.3 Å². The van der Waals surface area contributed by atoms with Crippen molar-refractivity contribution in [3.63, 3.8) is 0 Å². The van der Waals surface area contributed by atoms with Gasteiger partial charge in [0, 0.05) is 11.6 Å². The van der Waals surface area contributed by atoms with E-state index < -0.39 is 17.8 Å². The second-order valence-electron chi connectivity index (χ2n) is 6.57. The Morgan fingerprint density at radius 1 is 1.29 bits per heavy atom. The van der Waals surface area contributed by atoms with Crippen LogP contribution in [-0.4, -0.2) is 26.5 Å². The van der Waals surface area contributed by atoms with Gasteiger partial charge in [-0.05, 0) is 26.3 Å². The van der Waals surface area contributed by atoms with Crippen LogP contribution in [0.25, 0.3) is 16.9 Å². The predicted molar refractivity (Wildman–Crippen MR) is 100 cm³/mol. The first-order chi connectivity index (χ1) is 13.1. The summed E-state index contributed by atoms with van der Waals surface area (Å²) in [6.45, 7) is 5.52. The van der Waals surface area contributed by atoms with E-state index in [1.165, 1.54) is 0 Å². The summed E-state index contributed by atoms with van der Waals surface area (Å²) < 4.78 is 41.5. The van der Waals surface area contributed by atoms with Crippen molar-refractivity contribution in [3.8, 4) is 11.3 Å². The summed E-state index contributed by atoms with van der Waals surface area (Å²) in [4.78, 5) is 16.6. The van der Waals surface area contributed by atoms with Crippen LogP contribution in [0, 0.1) is 6.92 Å². The smallest absolute Gasteiger partial charge is 0.348 e. The van der Waals surface area contributed by atoms with E-state index in [4.69, 9.17) is 11.6 Å². The zero-order chi connectivity index (χ0) is 20.6. The molecule has 9 heteroatoms. The Kier molecular flexibility index (Phi) is 5.34. The molecule has 3 aromatic rings. The molecule has 0 fully saturated rings. The number of amides is 1. The minimum Gasteiger partial charge on any atom is -0.348 e. The third-order valence-corrected chi connectivity index (χ3v) is 4.72. The highest BCUT2D eigenvalue weighted by Gasteiger charge is 2.36. The van der Waals surface area contributed by atoms with Gasteiger partial charge in [0.15, 0.2) is 17.0 Å². The fraction of sp³-hybridized carbons (Fsp3) is 0.316. The Balaban J connectivity index is 2.21. The van der Waals surface area contributed by atoms with Crippen LogP contribution in [-0.2, 0) is 6.18 Å². The van der Waals surface area contributed by atoms with Crippen molar-refractivity contribution in [1.29, 1.82) is 0 Å². The number of benzene rings is 1. The largest absolute Gasteiger partial charge is 0.433 e. The summed E-state index contributed by atoms with van der Waals surface area (Å²) in [5, 5.41) is 6.23. The monoisotopic (exact) mass is 410 g/mol. The van der Waals surface area contributed by atoms with Gasteiger partial charge in [-0.2, -0.15) is 18.3 Å². The first-order valence-electron chi connectivity index (χ1n) is 8.66. The molecule has 0 bridgehead atoms. The number of nitrogens with zero attached hydrogens (tertiary/aromatic N) is 3. The average molecular weight is 411 g/mol. The number of alkyl halides is 3. The number of aryl methyl sites for hydroxylation is 1. The van der Waals surface area contributed by atoms with Crippen molar-refractivity contribution in [2.24, 2.45) is 0 Å². The van der Waals surface area contributed by atoms with Crippen molar-refractivity contribution < 1.29 is 18.0 Å². The van der Waals surface area contributed by atoms with Crippen molar-refractivity contribution in [1.82, 2.24) is 19.9 Å². The Hall–Kier alpha value is -2.61. The predicted octanol–water partition coefficient (Wildman–Crippen LogP) is 4.91. The highest BCUT2D eigenvalue weighted by molar-refractivity contribution is 6.36. The van der Waals surface area contributed by atoms with E-state index in [1.54, 1.807) is 31.2 Å². The average Bonchev–Trinajstić information content (AvgIpc) is 2.97. The Morgan fingerprint density at radius 3 is 2.50 bits per heavy atom. The van der Waals surface area contributed by atoms with E-state index in [0.29, 0.717) is 16.5 Å². The molecule has 0 aliphatic carbocycles. The second-order valence-corrected chi connectivity index (χ2v) is 6.95. The minimum absolute atomic E-state index is 0.0931. The summed E-state index contributed by atoms with van der Waals surface area (Å²) in [6, 6.07) is 7.63. The molecule has 3 rings (SSSR count). The van der Waals surface area contributed by atoms with E-state index >= 15 is 0 Å². The lowest BCUT2D eigenvalue weighted by molar-refractivity contribution is -0.142. The molecule has 28 heavy (non-hydrogen) atoms. The molecule has 148 valence electrons. The lowest BCUT2D eigenvalue weighted by atomic mass is 10.1. The summed E-state index contributed by atoms with van der Waals surface area (Å²) in [5.74, 6) is -0.644. The van der Waals surface area contributed by atoms with Gasteiger partial charge in [0.25, 0.3) is 5.91 Å². The molecule has 0 aliphatic rings. The first kappa shape index (κ1) is 20.1. The van der Waals surface area contributed by atoms with Gasteiger partial charge < -0.3 is 5.32 Å². The number of hydrogen-bond acceptors (Lipinski definition) is 3. The van der Waals surface area contributed by atoms with Gasteiger partial charge in [-0.3, -0.25) is 4.79 Å². The number of rotatable bonds is 4. The number of fused-ring (bicyclic) bond motifs is 1. The molecule has 1 amide bonds. The van der Waals surface area contributed by atoms with Crippen LogP contribution in [0.5, 0.6) is 0 Å². The molecule has 1 aromatic carbocycles. The molecule has 0 aliphatic heterocycles. The summed E-state index contributed by atoms with van der Waals surface area (Å²) >= 11 is 6.21. The van der Waals surface area contributed by atoms with Gasteiger partial charge in [-0.15, -0.1) is 0 Å². The molecule has 0 saturated carbocycles. The van der Waals surface area contributed by atoms with Gasteiger partial charge in [0.05, 0.1) is 5.69 Å². The maximum absolute atomic E-state index is 13.7. The van der Waals surface area contributed by atoms with Crippen molar-refractivity contribution in [2.45, 2.75) is 39.4 Å². The van der Waals surface area contributed by atoms with Gasteiger partial charge in [0.1, 0.15) is 5.02 Å². The molecule has 0 radical (unpaired) electrons. The molecule has 0 saturated heterocycles. The Morgan fingerprint density at radius 2 is 1.93 bits per heavy atom. The Labute approximate surface area is 164 Å². The molecular formula is C19H18ClF3N4O. The number of aromatic nitrogens is 3. The first-order valence-corrected chi connectivity index (χ1v) is 9.04. The molecule has 0 unspecified atom stereocenters. The van der Waals surface area contributed by atoms with Gasteiger partial charge in [-0.25, -0.2) is 9.50 Å². The number of nitrogens with one attached hydrogen (secondary N) is 1. The number of carbonyl (C=O) groups excluding carboxylic acids is 1. The molecule has 1 atom stereocenters. The lowest BCUT2D eigenvalue weighted by Gasteiger charge is -2.11. The molecule has 0 spiro atoms. The zero-order valence-electron chi connectivity index (χ0n) is 15.4. The number of carbonyl (C=O) groups is 1. The normalized spacial score (nSPS) is 13.0. The summed E-state index contributed by atoms with van der Waals surface area (Å²) in [7, 11) is 0. The second kappa shape index (κ2) is 7.43. The third-order valence-electron chi connectivity index (χ3n) is 4.38. The molecule has 1 N–H and O–H groups in total. The Bertz CT molecular complexity index is 1030. The van der Waals surface area contributed by atoms with E-state index in [9.17, 15) is 18.0 Å². The van der Waals surface area contributed by atoms with Gasteiger partial charge in [0.2, 0.25) is 0 Å². The molecular weight excluding hydrogens is 393 g/mol. The highest BCUT2D eigenvalue weighted by atomic mass is 35.5. The van der Waals surface area contributed by atoms with Gasteiger partial charge >= 0.3 is 6.18 Å². The number of halogens is 4. The van der Waals surface area contributed by atoms with Crippen LogP contribution in [0.4, 0.5) is 13.2 Å². The van der Waals surface area contributed by atoms with Crippen LogP contribution < -0.4 is 5.32 Å². The SMILES string of the molecule is CC[C@H](C)NC(=O)c1nn2c(C(F)(F)F)cc(-c3ccc(C)cc3)nc2c1Cl. The van der Waals surface area contributed by atoms with Crippen LogP contribution in [0.2, 0.25) is 5.02 Å². The molecule has 5 nitrogen and oxygen atoms in total. The molecule has 2 heterocycles. The lowest BCUT2D eigenvalue weighted by Crippen LogP contribution is -2.32. The van der Waals surface area contributed by atoms with E-state index in [-0.39, 0.29) is 28.1 Å². The third kappa shape index (κ3) is 3.82. The quantitative estimate of drug-likeness (QED) is 0.665. The summed E-state index contributed by atoms with van der Waals surface area (Å²) in [6.07, 6.45) is -4.05. The van der Waals surface area contributed by atoms with Crippen molar-refractivity contribution in [3.05, 3.63) is 52.3 Å².